The Kier molecular flexibility index (Phi) is 6.23. The van der Waals surface area contributed by atoms with Gasteiger partial charge in [-0.15, -0.1) is 0 Å². The number of halogens is 1. The Hall–Kier alpha value is -1.55. The van der Waals surface area contributed by atoms with E-state index in [9.17, 15) is 17.6 Å². The van der Waals surface area contributed by atoms with Gasteiger partial charge >= 0.3 is 0 Å². The molecule has 1 atom stereocenters. The lowest BCUT2D eigenvalue weighted by atomic mass is 10.2. The molecule has 0 aliphatic carbocycles. The molecule has 2 aliphatic heterocycles. The predicted molar refractivity (Wildman–Crippen MR) is 93.6 cm³/mol. The standard InChI is InChI=1S/C17H24FN3O4S/c18-14-3-5-15(6-4-14)26(23,24)21-11-9-20(10-12-21)8-7-19-17(22)16-2-1-13-25-16/h3-6,16H,1-2,7-13H2,(H,19,22). The summed E-state index contributed by atoms with van der Waals surface area (Å²) in [4.78, 5) is 14.1. The second-order valence-corrected chi connectivity index (χ2v) is 8.43. The molecule has 1 aromatic rings. The Balaban J connectivity index is 1.43. The van der Waals surface area contributed by atoms with Crippen LogP contribution in [0.15, 0.2) is 29.2 Å². The Morgan fingerprint density at radius 3 is 2.50 bits per heavy atom. The molecule has 1 amide bonds. The summed E-state index contributed by atoms with van der Waals surface area (Å²) in [5.74, 6) is -0.529. The average molecular weight is 385 g/mol. The number of piperazine rings is 1. The van der Waals surface area contributed by atoms with Crippen molar-refractivity contribution in [3.05, 3.63) is 30.1 Å². The van der Waals surface area contributed by atoms with Crippen LogP contribution in [-0.2, 0) is 19.6 Å². The predicted octanol–water partition coefficient (Wildman–Crippen LogP) is 0.427. The van der Waals surface area contributed by atoms with E-state index in [4.69, 9.17) is 4.74 Å². The van der Waals surface area contributed by atoms with Gasteiger partial charge in [0.1, 0.15) is 11.9 Å². The molecule has 7 nitrogen and oxygen atoms in total. The van der Waals surface area contributed by atoms with Crippen LogP contribution in [0.2, 0.25) is 0 Å². The number of nitrogens with zero attached hydrogens (tertiary/aromatic N) is 2. The molecule has 1 aromatic carbocycles. The zero-order chi connectivity index (χ0) is 18.6. The summed E-state index contributed by atoms with van der Waals surface area (Å²) in [6.07, 6.45) is 1.36. The first-order valence-electron chi connectivity index (χ1n) is 8.84. The van der Waals surface area contributed by atoms with E-state index in [1.54, 1.807) is 0 Å². The maximum absolute atomic E-state index is 13.0. The fraction of sp³-hybridized carbons (Fsp3) is 0.588. The number of benzene rings is 1. The second kappa shape index (κ2) is 8.43. The van der Waals surface area contributed by atoms with Crippen LogP contribution in [0, 0.1) is 5.82 Å². The second-order valence-electron chi connectivity index (χ2n) is 6.49. The van der Waals surface area contributed by atoms with E-state index in [0.29, 0.717) is 45.9 Å². The number of hydrogen-bond donors (Lipinski definition) is 1. The van der Waals surface area contributed by atoms with Gasteiger partial charge < -0.3 is 10.1 Å². The summed E-state index contributed by atoms with van der Waals surface area (Å²) < 4.78 is 44.9. The maximum atomic E-state index is 13.0. The number of nitrogens with one attached hydrogen (secondary N) is 1. The van der Waals surface area contributed by atoms with Crippen molar-refractivity contribution in [2.45, 2.75) is 23.8 Å². The van der Waals surface area contributed by atoms with Gasteiger partial charge in [0.05, 0.1) is 4.90 Å². The first kappa shape index (κ1) is 19.2. The smallest absolute Gasteiger partial charge is 0.249 e. The monoisotopic (exact) mass is 385 g/mol. The van der Waals surface area contributed by atoms with Gasteiger partial charge in [-0.05, 0) is 37.1 Å². The molecule has 0 radical (unpaired) electrons. The van der Waals surface area contributed by atoms with Gasteiger partial charge in [0.2, 0.25) is 15.9 Å². The van der Waals surface area contributed by atoms with E-state index in [1.807, 2.05) is 0 Å². The third kappa shape index (κ3) is 4.59. The van der Waals surface area contributed by atoms with Gasteiger partial charge in [-0.3, -0.25) is 9.69 Å². The molecule has 0 saturated carbocycles. The molecule has 2 heterocycles. The van der Waals surface area contributed by atoms with Crippen LogP contribution in [0.3, 0.4) is 0 Å². The van der Waals surface area contributed by atoms with Gasteiger partial charge in [-0.2, -0.15) is 4.31 Å². The van der Waals surface area contributed by atoms with Gasteiger partial charge in [0.15, 0.2) is 0 Å². The molecule has 2 saturated heterocycles. The van der Waals surface area contributed by atoms with Gasteiger partial charge in [-0.1, -0.05) is 0 Å². The largest absolute Gasteiger partial charge is 0.368 e. The van der Waals surface area contributed by atoms with Crippen LogP contribution in [0.4, 0.5) is 4.39 Å². The van der Waals surface area contributed by atoms with Gasteiger partial charge in [0.25, 0.3) is 0 Å². The van der Waals surface area contributed by atoms with Crippen LogP contribution < -0.4 is 5.32 Å². The highest BCUT2D eigenvalue weighted by atomic mass is 32.2. The summed E-state index contributed by atoms with van der Waals surface area (Å²) in [5.41, 5.74) is 0. The van der Waals surface area contributed by atoms with E-state index in [1.165, 1.54) is 16.4 Å². The molecule has 9 heteroatoms. The van der Waals surface area contributed by atoms with Crippen LogP contribution in [0.25, 0.3) is 0 Å². The molecule has 0 bridgehead atoms. The summed E-state index contributed by atoms with van der Waals surface area (Å²) >= 11 is 0. The highest BCUT2D eigenvalue weighted by Gasteiger charge is 2.28. The Morgan fingerprint density at radius 2 is 1.88 bits per heavy atom. The summed E-state index contributed by atoms with van der Waals surface area (Å²) in [6.45, 7) is 3.76. The third-order valence-electron chi connectivity index (χ3n) is 4.73. The van der Waals surface area contributed by atoms with Crippen LogP contribution >= 0.6 is 0 Å². The highest BCUT2D eigenvalue weighted by Crippen LogP contribution is 2.18. The van der Waals surface area contributed by atoms with Crippen LogP contribution in [0.1, 0.15) is 12.8 Å². The normalized spacial score (nSPS) is 22.4. The first-order chi connectivity index (χ1) is 12.5. The van der Waals surface area contributed by atoms with Crippen molar-refractivity contribution in [2.24, 2.45) is 0 Å². The average Bonchev–Trinajstić information content (AvgIpc) is 3.17. The van der Waals surface area contributed by atoms with Crippen molar-refractivity contribution in [3.63, 3.8) is 0 Å². The van der Waals surface area contributed by atoms with Crippen molar-refractivity contribution in [3.8, 4) is 0 Å². The summed E-state index contributed by atoms with van der Waals surface area (Å²) in [7, 11) is -3.59. The Bertz CT molecular complexity index is 712. The van der Waals surface area contributed by atoms with Crippen molar-refractivity contribution in [2.75, 3.05) is 45.9 Å². The molecule has 2 aliphatic rings. The number of carbonyl (C=O) groups excluding carboxylic acids is 1. The summed E-state index contributed by atoms with van der Waals surface area (Å²) in [6, 6.07) is 4.88. The highest BCUT2D eigenvalue weighted by molar-refractivity contribution is 7.89. The van der Waals surface area contributed by atoms with E-state index in [-0.39, 0.29) is 16.9 Å². The number of amides is 1. The first-order valence-corrected chi connectivity index (χ1v) is 10.3. The van der Waals surface area contributed by atoms with Gasteiger partial charge in [-0.25, -0.2) is 12.8 Å². The van der Waals surface area contributed by atoms with Crippen molar-refractivity contribution < 1.29 is 22.3 Å². The number of hydrogen-bond acceptors (Lipinski definition) is 5. The molecule has 144 valence electrons. The number of rotatable bonds is 6. The number of sulfonamides is 1. The topological polar surface area (TPSA) is 79.0 Å². The van der Waals surface area contributed by atoms with E-state index in [2.05, 4.69) is 10.2 Å². The summed E-state index contributed by atoms with van der Waals surface area (Å²) in [5, 5.41) is 2.87. The zero-order valence-electron chi connectivity index (χ0n) is 14.6. The number of carbonyl (C=O) groups is 1. The molecule has 26 heavy (non-hydrogen) atoms. The molecule has 1 unspecified atom stereocenters. The fourth-order valence-electron chi connectivity index (χ4n) is 3.18. The lowest BCUT2D eigenvalue weighted by molar-refractivity contribution is -0.130. The quantitative estimate of drug-likeness (QED) is 0.768. The van der Waals surface area contributed by atoms with E-state index < -0.39 is 15.8 Å². The van der Waals surface area contributed by atoms with Crippen LogP contribution in [0.5, 0.6) is 0 Å². The molecule has 3 rings (SSSR count). The molecular weight excluding hydrogens is 361 g/mol. The minimum absolute atomic E-state index is 0.0694. The molecular formula is C17H24FN3O4S. The number of ether oxygens (including phenoxy) is 1. The lowest BCUT2D eigenvalue weighted by Gasteiger charge is -2.34. The Morgan fingerprint density at radius 1 is 1.19 bits per heavy atom. The minimum atomic E-state index is -3.59. The van der Waals surface area contributed by atoms with Crippen molar-refractivity contribution >= 4 is 15.9 Å². The fourth-order valence-corrected chi connectivity index (χ4v) is 4.61. The zero-order valence-corrected chi connectivity index (χ0v) is 15.4. The minimum Gasteiger partial charge on any atom is -0.368 e. The van der Waals surface area contributed by atoms with E-state index in [0.717, 1.165) is 25.0 Å². The van der Waals surface area contributed by atoms with Crippen molar-refractivity contribution in [1.29, 1.82) is 0 Å². The third-order valence-corrected chi connectivity index (χ3v) is 6.64. The molecule has 0 aromatic heterocycles. The van der Waals surface area contributed by atoms with Gasteiger partial charge in [0, 0.05) is 45.9 Å². The molecule has 0 spiro atoms. The van der Waals surface area contributed by atoms with Crippen molar-refractivity contribution in [1.82, 2.24) is 14.5 Å². The van der Waals surface area contributed by atoms with Crippen LogP contribution in [-0.4, -0.2) is 75.5 Å². The lowest BCUT2D eigenvalue weighted by Crippen LogP contribution is -2.50. The van der Waals surface area contributed by atoms with E-state index >= 15 is 0 Å². The maximum Gasteiger partial charge on any atom is 0.249 e. The molecule has 1 N–H and O–H groups in total. The molecule has 2 fully saturated rings. The SMILES string of the molecule is O=C(NCCN1CCN(S(=O)(=O)c2ccc(F)cc2)CC1)C1CCCO1. The Labute approximate surface area is 153 Å².